The molecule has 0 saturated carbocycles. The molecule has 0 spiro atoms. The van der Waals surface area contributed by atoms with Crippen molar-refractivity contribution in [3.8, 4) is 29.1 Å². The minimum absolute atomic E-state index is 0.000269. The highest BCUT2D eigenvalue weighted by Crippen LogP contribution is 2.29. The first-order valence-electron chi connectivity index (χ1n) is 11.2. The summed E-state index contributed by atoms with van der Waals surface area (Å²) in [7, 11) is 1.51. The van der Waals surface area contributed by atoms with Crippen molar-refractivity contribution in [3.63, 3.8) is 0 Å². The molecule has 37 heavy (non-hydrogen) atoms. The molecule has 4 heterocycles. The second-order valence-corrected chi connectivity index (χ2v) is 8.46. The van der Waals surface area contributed by atoms with Gasteiger partial charge in [0.2, 0.25) is 0 Å². The van der Waals surface area contributed by atoms with E-state index in [0.29, 0.717) is 11.4 Å². The summed E-state index contributed by atoms with van der Waals surface area (Å²) >= 11 is 0. The molecule has 0 bridgehead atoms. The van der Waals surface area contributed by atoms with Crippen LogP contribution in [0.2, 0.25) is 0 Å². The zero-order valence-corrected chi connectivity index (χ0v) is 19.6. The van der Waals surface area contributed by atoms with E-state index in [2.05, 4.69) is 27.1 Å². The topological polar surface area (TPSA) is 123 Å². The predicted octanol–water partition coefficient (Wildman–Crippen LogP) is 1.67. The van der Waals surface area contributed by atoms with Crippen LogP contribution in [-0.2, 0) is 9.53 Å². The van der Waals surface area contributed by atoms with E-state index >= 15 is 0 Å². The number of fused-ring (bicyclic) bond motifs is 1. The smallest absolute Gasteiger partial charge is 0.270 e. The van der Waals surface area contributed by atoms with E-state index in [1.54, 1.807) is 18.2 Å². The number of hydrogen-bond acceptors (Lipinski definition) is 8. The third-order valence-corrected chi connectivity index (χ3v) is 5.60. The fourth-order valence-electron chi connectivity index (χ4n) is 3.59. The molecule has 0 aliphatic carbocycles. The van der Waals surface area contributed by atoms with E-state index in [9.17, 15) is 19.1 Å². The Morgan fingerprint density at radius 2 is 2.05 bits per heavy atom. The highest BCUT2D eigenvalue weighted by molar-refractivity contribution is 6.02. The van der Waals surface area contributed by atoms with Crippen molar-refractivity contribution >= 4 is 17.6 Å². The zero-order chi connectivity index (χ0) is 26.0. The molecule has 2 aromatic heterocycles. The largest absolute Gasteiger partial charge is 0.487 e. The number of carbonyl (C=O) groups is 2. The van der Waals surface area contributed by atoms with Gasteiger partial charge in [-0.15, -0.1) is 0 Å². The van der Waals surface area contributed by atoms with Gasteiger partial charge in [-0.3, -0.25) is 19.5 Å². The number of ether oxygens (including phenoxy) is 3. The Balaban J connectivity index is 1.29. The number of amides is 2. The monoisotopic (exact) mass is 504 g/mol. The minimum Gasteiger partial charge on any atom is -0.487 e. The van der Waals surface area contributed by atoms with Crippen LogP contribution < -0.4 is 19.7 Å². The van der Waals surface area contributed by atoms with Crippen molar-refractivity contribution in [2.24, 2.45) is 0 Å². The van der Waals surface area contributed by atoms with E-state index < -0.39 is 29.3 Å². The number of pyridine rings is 2. The molecule has 1 atom stereocenters. The van der Waals surface area contributed by atoms with Gasteiger partial charge < -0.3 is 24.6 Å². The maximum atomic E-state index is 13.4. The fourth-order valence-corrected chi connectivity index (χ4v) is 3.59. The van der Waals surface area contributed by atoms with Crippen molar-refractivity contribution in [2.75, 3.05) is 31.8 Å². The summed E-state index contributed by atoms with van der Waals surface area (Å²) in [6, 6.07) is 10.7. The molecule has 3 aromatic rings. The molecule has 1 aromatic carbocycles. The van der Waals surface area contributed by atoms with Crippen LogP contribution in [0.5, 0.6) is 17.2 Å². The van der Waals surface area contributed by atoms with E-state index in [1.807, 2.05) is 0 Å². The molecule has 1 fully saturated rings. The number of halogens is 1. The summed E-state index contributed by atoms with van der Waals surface area (Å²) < 4.78 is 29.8. The highest BCUT2D eigenvalue weighted by Gasteiger charge is 2.34. The lowest BCUT2D eigenvalue weighted by Gasteiger charge is -2.30. The standard InChI is InChI=1S/C26H21FN4O6/c1-31-23-22(6-5-17(29-23)7-9-26(34)14-35-15-26)36-13-21(25(31)33)30-24(32)20-12-19(8-10-28-20)37-18-4-2-3-16(27)11-18/h2-6,8,10-12,21,34H,13-15H2,1H3,(H,30,32). The maximum Gasteiger partial charge on any atom is 0.270 e. The van der Waals surface area contributed by atoms with Crippen LogP contribution in [0.15, 0.2) is 54.7 Å². The van der Waals surface area contributed by atoms with Crippen LogP contribution in [0.4, 0.5) is 10.2 Å². The SMILES string of the molecule is CN1C(=O)C(NC(=O)c2cc(Oc3cccc(F)c3)ccn2)COc2ccc(C#CC3(O)COC3)nc21. The van der Waals surface area contributed by atoms with E-state index in [4.69, 9.17) is 14.2 Å². The number of anilines is 1. The van der Waals surface area contributed by atoms with Crippen molar-refractivity contribution < 1.29 is 33.3 Å². The molecule has 10 nitrogen and oxygen atoms in total. The molecule has 5 rings (SSSR count). The third kappa shape index (κ3) is 5.35. The van der Waals surface area contributed by atoms with Crippen LogP contribution in [0.1, 0.15) is 16.2 Å². The lowest BCUT2D eigenvalue weighted by molar-refractivity contribution is -0.140. The van der Waals surface area contributed by atoms with Gasteiger partial charge in [-0.25, -0.2) is 9.37 Å². The summed E-state index contributed by atoms with van der Waals surface area (Å²) in [5.41, 5.74) is -0.862. The number of hydrogen-bond donors (Lipinski definition) is 2. The number of likely N-dealkylation sites (N-methyl/N-ethyl adjacent to an activating group) is 1. The van der Waals surface area contributed by atoms with Gasteiger partial charge in [0.1, 0.15) is 41.4 Å². The summed E-state index contributed by atoms with van der Waals surface area (Å²) in [6.07, 6.45) is 1.37. The number of nitrogens with zero attached hydrogens (tertiary/aromatic N) is 3. The Bertz CT molecular complexity index is 1430. The Labute approximate surface area is 211 Å². The highest BCUT2D eigenvalue weighted by atomic mass is 19.1. The van der Waals surface area contributed by atoms with Gasteiger partial charge in [0.05, 0.1) is 13.2 Å². The first-order valence-corrected chi connectivity index (χ1v) is 11.2. The molecular weight excluding hydrogens is 483 g/mol. The van der Waals surface area contributed by atoms with E-state index in [0.717, 1.165) is 0 Å². The Morgan fingerprint density at radius 3 is 2.81 bits per heavy atom. The number of benzene rings is 1. The van der Waals surface area contributed by atoms with Crippen LogP contribution in [0, 0.1) is 17.7 Å². The van der Waals surface area contributed by atoms with E-state index in [-0.39, 0.29) is 42.8 Å². The zero-order valence-electron chi connectivity index (χ0n) is 19.6. The molecule has 11 heteroatoms. The average molecular weight is 504 g/mol. The summed E-state index contributed by atoms with van der Waals surface area (Å²) in [4.78, 5) is 35.7. The number of aliphatic hydroxyl groups is 1. The number of nitrogens with one attached hydrogen (secondary N) is 1. The molecule has 0 radical (unpaired) electrons. The van der Waals surface area contributed by atoms with Crippen LogP contribution >= 0.6 is 0 Å². The van der Waals surface area contributed by atoms with Gasteiger partial charge >= 0.3 is 0 Å². The quantitative estimate of drug-likeness (QED) is 0.515. The maximum absolute atomic E-state index is 13.4. The molecule has 1 unspecified atom stereocenters. The second-order valence-electron chi connectivity index (χ2n) is 8.46. The summed E-state index contributed by atoms with van der Waals surface area (Å²) in [6.45, 7) is 0.121. The van der Waals surface area contributed by atoms with Crippen LogP contribution in [-0.4, -0.2) is 65.4 Å². The van der Waals surface area contributed by atoms with Crippen molar-refractivity contribution in [1.82, 2.24) is 15.3 Å². The van der Waals surface area contributed by atoms with E-state index in [1.165, 1.54) is 48.5 Å². The fraction of sp³-hybridized carbons (Fsp3) is 0.231. The molecule has 188 valence electrons. The van der Waals surface area contributed by atoms with Gasteiger partial charge in [-0.2, -0.15) is 0 Å². The summed E-state index contributed by atoms with van der Waals surface area (Å²) in [5.74, 6) is 5.07. The van der Waals surface area contributed by atoms with Gasteiger partial charge in [-0.1, -0.05) is 12.0 Å². The molecule has 1 saturated heterocycles. The number of aromatic nitrogens is 2. The lowest BCUT2D eigenvalue weighted by Crippen LogP contribution is -2.49. The van der Waals surface area contributed by atoms with Gasteiger partial charge in [0.15, 0.2) is 17.2 Å². The van der Waals surface area contributed by atoms with Gasteiger partial charge in [0, 0.05) is 25.4 Å². The number of rotatable bonds is 4. The third-order valence-electron chi connectivity index (χ3n) is 5.60. The predicted molar refractivity (Wildman–Crippen MR) is 128 cm³/mol. The normalized spacial score (nSPS) is 17.8. The molecule has 2 aliphatic heterocycles. The first kappa shape index (κ1) is 24.2. The number of carbonyl (C=O) groups excluding carboxylic acids is 2. The molecule has 2 N–H and O–H groups in total. The molecule has 2 aliphatic rings. The van der Waals surface area contributed by atoms with Gasteiger partial charge in [0.25, 0.3) is 11.8 Å². The second kappa shape index (κ2) is 9.85. The Kier molecular flexibility index (Phi) is 6.43. The van der Waals surface area contributed by atoms with Crippen molar-refractivity contribution in [1.29, 1.82) is 0 Å². The van der Waals surface area contributed by atoms with Crippen molar-refractivity contribution in [3.05, 3.63) is 71.9 Å². The Morgan fingerprint density at radius 1 is 1.24 bits per heavy atom. The van der Waals surface area contributed by atoms with Crippen LogP contribution in [0.3, 0.4) is 0 Å². The minimum atomic E-state index is -1.20. The molecular formula is C26H21FN4O6. The average Bonchev–Trinajstić information content (AvgIpc) is 2.98. The first-order chi connectivity index (χ1) is 17.8. The lowest BCUT2D eigenvalue weighted by atomic mass is 10.0. The summed E-state index contributed by atoms with van der Waals surface area (Å²) in [5, 5.41) is 12.7. The molecule has 2 amide bonds. The van der Waals surface area contributed by atoms with Crippen LogP contribution in [0.25, 0.3) is 0 Å². The van der Waals surface area contributed by atoms with Crippen molar-refractivity contribution in [2.45, 2.75) is 11.6 Å². The van der Waals surface area contributed by atoms with Gasteiger partial charge in [-0.05, 0) is 36.3 Å². The Hall–Kier alpha value is -4.53.